The summed E-state index contributed by atoms with van der Waals surface area (Å²) < 4.78 is 40.3. The molecule has 10 heteroatoms. The molecule has 0 spiro atoms. The molecule has 29 heavy (non-hydrogen) atoms. The maximum atomic E-state index is 12.8. The number of thiophene rings is 1. The van der Waals surface area contributed by atoms with Crippen molar-refractivity contribution in [1.82, 2.24) is 14.8 Å². The van der Waals surface area contributed by atoms with Gasteiger partial charge in [-0.25, -0.2) is 0 Å². The Kier molecular flexibility index (Phi) is 6.63. The first-order valence-corrected chi connectivity index (χ1v) is 10.8. The molecule has 0 radical (unpaired) electrons. The molecule has 0 saturated carbocycles. The van der Waals surface area contributed by atoms with Crippen LogP contribution in [0.2, 0.25) is 0 Å². The molecule has 0 unspecified atom stereocenters. The van der Waals surface area contributed by atoms with Gasteiger partial charge < -0.3 is 9.88 Å². The predicted molar refractivity (Wildman–Crippen MR) is 109 cm³/mol. The Morgan fingerprint density at radius 3 is 2.69 bits per heavy atom. The lowest BCUT2D eigenvalue weighted by Crippen LogP contribution is -2.15. The van der Waals surface area contributed by atoms with Crippen LogP contribution >= 0.6 is 23.1 Å². The van der Waals surface area contributed by atoms with Crippen LogP contribution in [0.25, 0.3) is 11.4 Å². The highest BCUT2D eigenvalue weighted by molar-refractivity contribution is 7.99. The molecule has 0 aliphatic heterocycles. The zero-order chi connectivity index (χ0) is 21.0. The van der Waals surface area contributed by atoms with Crippen molar-refractivity contribution in [3.05, 3.63) is 46.2 Å². The zero-order valence-corrected chi connectivity index (χ0v) is 17.4. The fourth-order valence-corrected chi connectivity index (χ4v) is 4.29. The van der Waals surface area contributed by atoms with E-state index < -0.39 is 17.6 Å². The van der Waals surface area contributed by atoms with Gasteiger partial charge in [-0.2, -0.15) is 13.2 Å². The number of nitrogens with one attached hydrogen (secondary N) is 1. The van der Waals surface area contributed by atoms with Crippen LogP contribution in [-0.4, -0.2) is 26.4 Å². The highest BCUT2D eigenvalue weighted by Crippen LogP contribution is 2.31. The van der Waals surface area contributed by atoms with Gasteiger partial charge in [-0.3, -0.25) is 4.79 Å². The molecule has 2 heterocycles. The molecule has 3 rings (SSSR count). The number of hydrogen-bond acceptors (Lipinski definition) is 5. The molecule has 0 fully saturated rings. The highest BCUT2D eigenvalue weighted by atomic mass is 32.2. The van der Waals surface area contributed by atoms with Crippen molar-refractivity contribution in [2.24, 2.45) is 0 Å². The van der Waals surface area contributed by atoms with Crippen molar-refractivity contribution in [1.29, 1.82) is 0 Å². The lowest BCUT2D eigenvalue weighted by molar-refractivity contribution is -0.137. The third kappa shape index (κ3) is 5.18. The van der Waals surface area contributed by atoms with Crippen LogP contribution < -0.4 is 5.32 Å². The largest absolute Gasteiger partial charge is 0.416 e. The van der Waals surface area contributed by atoms with Crippen LogP contribution in [0.5, 0.6) is 0 Å². The summed E-state index contributed by atoms with van der Waals surface area (Å²) in [5.74, 6) is 0.340. The standard InChI is InChI=1S/C19H19F3N4OS2/c1-3-15-8-12(10-28-15)17-24-25-18(26(17)4-2)29-11-16(27)23-14-7-5-6-13(9-14)19(20,21)22/h5-10H,3-4,11H2,1-2H3,(H,23,27). The Morgan fingerprint density at radius 1 is 1.24 bits per heavy atom. The van der Waals surface area contributed by atoms with Gasteiger partial charge in [0.1, 0.15) is 0 Å². The summed E-state index contributed by atoms with van der Waals surface area (Å²) in [6.45, 7) is 4.69. The maximum Gasteiger partial charge on any atom is 0.416 e. The number of aryl methyl sites for hydroxylation is 1. The molecule has 0 saturated heterocycles. The van der Waals surface area contributed by atoms with Crippen molar-refractivity contribution >= 4 is 34.7 Å². The van der Waals surface area contributed by atoms with Gasteiger partial charge in [-0.1, -0.05) is 24.8 Å². The molecular formula is C19H19F3N4OS2. The summed E-state index contributed by atoms with van der Waals surface area (Å²) in [7, 11) is 0. The summed E-state index contributed by atoms with van der Waals surface area (Å²) in [6, 6.07) is 6.64. The Morgan fingerprint density at radius 2 is 2.03 bits per heavy atom. The normalized spacial score (nSPS) is 11.6. The Balaban J connectivity index is 1.66. The molecule has 2 aromatic heterocycles. The molecule has 0 aliphatic rings. The average molecular weight is 441 g/mol. The van der Waals surface area contributed by atoms with Crippen molar-refractivity contribution in [2.75, 3.05) is 11.1 Å². The van der Waals surface area contributed by atoms with Crippen LogP contribution in [-0.2, 0) is 23.9 Å². The number of anilines is 1. The topological polar surface area (TPSA) is 59.8 Å². The fraction of sp³-hybridized carbons (Fsp3) is 0.316. The number of aromatic nitrogens is 3. The number of hydrogen-bond donors (Lipinski definition) is 1. The lowest BCUT2D eigenvalue weighted by atomic mass is 10.2. The van der Waals surface area contributed by atoms with Crippen molar-refractivity contribution in [3.8, 4) is 11.4 Å². The molecule has 1 N–H and O–H groups in total. The van der Waals surface area contributed by atoms with E-state index >= 15 is 0 Å². The third-order valence-corrected chi connectivity index (χ3v) is 6.15. The minimum absolute atomic E-state index is 0.0121. The number of thioether (sulfide) groups is 1. The van der Waals surface area contributed by atoms with E-state index in [-0.39, 0.29) is 11.4 Å². The van der Waals surface area contributed by atoms with E-state index in [0.29, 0.717) is 11.7 Å². The summed E-state index contributed by atoms with van der Waals surface area (Å²) in [5, 5.41) is 13.5. The second-order valence-electron chi connectivity index (χ2n) is 6.12. The van der Waals surface area contributed by atoms with Gasteiger partial charge in [0.05, 0.1) is 11.3 Å². The monoisotopic (exact) mass is 440 g/mol. The number of rotatable bonds is 7. The number of nitrogens with zero attached hydrogens (tertiary/aromatic N) is 3. The first-order valence-electron chi connectivity index (χ1n) is 8.92. The molecule has 3 aromatic rings. The average Bonchev–Trinajstić information content (AvgIpc) is 3.32. The van der Waals surface area contributed by atoms with E-state index in [2.05, 4.69) is 28.5 Å². The van der Waals surface area contributed by atoms with Crippen LogP contribution in [0.1, 0.15) is 24.3 Å². The summed E-state index contributed by atoms with van der Waals surface area (Å²) >= 11 is 2.86. The van der Waals surface area contributed by atoms with Gasteiger partial charge >= 0.3 is 6.18 Å². The Bertz CT molecular complexity index is 998. The van der Waals surface area contributed by atoms with Gasteiger partial charge in [-0.15, -0.1) is 21.5 Å². The minimum atomic E-state index is -4.46. The summed E-state index contributed by atoms with van der Waals surface area (Å²) in [4.78, 5) is 13.4. The van der Waals surface area contributed by atoms with Crippen LogP contribution in [0.4, 0.5) is 18.9 Å². The van der Waals surface area contributed by atoms with E-state index in [0.717, 1.165) is 29.9 Å². The molecule has 1 aromatic carbocycles. The van der Waals surface area contributed by atoms with Gasteiger partial charge in [0.2, 0.25) is 5.91 Å². The zero-order valence-electron chi connectivity index (χ0n) is 15.8. The second kappa shape index (κ2) is 9.00. The maximum absolute atomic E-state index is 12.8. The van der Waals surface area contributed by atoms with E-state index in [9.17, 15) is 18.0 Å². The van der Waals surface area contributed by atoms with E-state index in [4.69, 9.17) is 0 Å². The van der Waals surface area contributed by atoms with E-state index in [1.165, 1.54) is 28.8 Å². The molecule has 0 aliphatic carbocycles. The van der Waals surface area contributed by atoms with Crippen LogP contribution in [0.3, 0.4) is 0 Å². The van der Waals surface area contributed by atoms with Crippen molar-refractivity contribution in [2.45, 2.75) is 38.1 Å². The second-order valence-corrected chi connectivity index (χ2v) is 8.06. The molecule has 0 atom stereocenters. The van der Waals surface area contributed by atoms with Gasteiger partial charge in [-0.05, 0) is 37.6 Å². The quantitative estimate of drug-likeness (QED) is 0.504. The number of amides is 1. The number of carbonyl (C=O) groups excluding carboxylic acids is 1. The predicted octanol–water partition coefficient (Wildman–Crippen LogP) is 5.34. The summed E-state index contributed by atoms with van der Waals surface area (Å²) in [6.07, 6.45) is -3.51. The molecule has 5 nitrogen and oxygen atoms in total. The van der Waals surface area contributed by atoms with E-state index in [1.807, 2.05) is 16.9 Å². The minimum Gasteiger partial charge on any atom is -0.325 e. The third-order valence-electron chi connectivity index (χ3n) is 4.10. The van der Waals surface area contributed by atoms with E-state index in [1.54, 1.807) is 11.3 Å². The SMILES string of the molecule is CCc1cc(-c2nnc(SCC(=O)Nc3cccc(C(F)(F)F)c3)n2CC)cs1. The molecule has 0 bridgehead atoms. The fourth-order valence-electron chi connectivity index (χ4n) is 2.68. The summed E-state index contributed by atoms with van der Waals surface area (Å²) in [5.41, 5.74) is 0.287. The lowest BCUT2D eigenvalue weighted by Gasteiger charge is -2.10. The molecule has 154 valence electrons. The van der Waals surface area contributed by atoms with Crippen molar-refractivity contribution < 1.29 is 18.0 Å². The Hall–Kier alpha value is -2.33. The van der Waals surface area contributed by atoms with Crippen molar-refractivity contribution in [3.63, 3.8) is 0 Å². The Labute approximate surface area is 174 Å². The number of carbonyl (C=O) groups is 1. The number of benzene rings is 1. The van der Waals surface area contributed by atoms with Gasteiger partial charge in [0.15, 0.2) is 11.0 Å². The number of halogens is 3. The van der Waals surface area contributed by atoms with Gasteiger partial charge in [0, 0.05) is 28.1 Å². The highest BCUT2D eigenvalue weighted by Gasteiger charge is 2.30. The number of alkyl halides is 3. The molecule has 1 amide bonds. The molecular weight excluding hydrogens is 421 g/mol. The van der Waals surface area contributed by atoms with Crippen LogP contribution in [0, 0.1) is 0 Å². The smallest absolute Gasteiger partial charge is 0.325 e. The van der Waals surface area contributed by atoms with Crippen LogP contribution in [0.15, 0.2) is 40.9 Å². The first kappa shape index (κ1) is 21.4. The van der Waals surface area contributed by atoms with Gasteiger partial charge in [0.25, 0.3) is 0 Å². The first-order chi connectivity index (χ1) is 13.8.